The van der Waals surface area contributed by atoms with Crippen molar-refractivity contribution in [3.8, 4) is 5.75 Å². The van der Waals surface area contributed by atoms with Gasteiger partial charge in [-0.2, -0.15) is 0 Å². The molecule has 18 heavy (non-hydrogen) atoms. The maximum Gasteiger partial charge on any atom is 0.119 e. The van der Waals surface area contributed by atoms with Gasteiger partial charge in [0.25, 0.3) is 0 Å². The van der Waals surface area contributed by atoms with E-state index in [0.29, 0.717) is 6.04 Å². The fourth-order valence-electron chi connectivity index (χ4n) is 2.08. The Balaban J connectivity index is 2.05. The standard InChI is InChI=1S/C15H22N2O/c1-4-12(2)16-8-10-17-9-7-13-11-14(18-3)5-6-15(13)17/h5-7,9,11-12,16H,4,8,10H2,1-3H3. The summed E-state index contributed by atoms with van der Waals surface area (Å²) in [5.74, 6) is 0.915. The van der Waals surface area contributed by atoms with E-state index in [-0.39, 0.29) is 0 Å². The van der Waals surface area contributed by atoms with Crippen molar-refractivity contribution in [2.45, 2.75) is 32.9 Å². The highest BCUT2D eigenvalue weighted by molar-refractivity contribution is 5.81. The van der Waals surface area contributed by atoms with E-state index in [0.717, 1.165) is 18.8 Å². The van der Waals surface area contributed by atoms with E-state index in [1.165, 1.54) is 17.3 Å². The van der Waals surface area contributed by atoms with E-state index >= 15 is 0 Å². The smallest absolute Gasteiger partial charge is 0.119 e. The van der Waals surface area contributed by atoms with Crippen molar-refractivity contribution in [3.05, 3.63) is 30.5 Å². The summed E-state index contributed by atoms with van der Waals surface area (Å²) in [6.07, 6.45) is 3.31. The molecule has 3 heteroatoms. The number of ether oxygens (including phenoxy) is 1. The molecular weight excluding hydrogens is 224 g/mol. The van der Waals surface area contributed by atoms with Crippen LogP contribution in [0.1, 0.15) is 20.3 Å². The first-order valence-corrected chi connectivity index (χ1v) is 6.61. The van der Waals surface area contributed by atoms with E-state index in [4.69, 9.17) is 4.74 Å². The number of aromatic nitrogens is 1. The average molecular weight is 246 g/mol. The lowest BCUT2D eigenvalue weighted by molar-refractivity contribution is 0.415. The first-order valence-electron chi connectivity index (χ1n) is 6.61. The van der Waals surface area contributed by atoms with Crippen molar-refractivity contribution in [1.82, 2.24) is 9.88 Å². The lowest BCUT2D eigenvalue weighted by atomic mass is 10.2. The van der Waals surface area contributed by atoms with E-state index in [1.807, 2.05) is 6.07 Å². The van der Waals surface area contributed by atoms with Gasteiger partial charge in [-0.15, -0.1) is 0 Å². The first kappa shape index (κ1) is 13.0. The van der Waals surface area contributed by atoms with Crippen LogP contribution in [0.2, 0.25) is 0 Å². The molecular formula is C15H22N2O. The summed E-state index contributed by atoms with van der Waals surface area (Å²) < 4.78 is 7.52. The van der Waals surface area contributed by atoms with Gasteiger partial charge in [0.05, 0.1) is 7.11 Å². The predicted octanol–water partition coefficient (Wildman–Crippen LogP) is 3.04. The summed E-state index contributed by atoms with van der Waals surface area (Å²) in [5.41, 5.74) is 1.27. The van der Waals surface area contributed by atoms with Gasteiger partial charge in [0, 0.05) is 36.2 Å². The highest BCUT2D eigenvalue weighted by Crippen LogP contribution is 2.21. The van der Waals surface area contributed by atoms with Crippen molar-refractivity contribution < 1.29 is 4.74 Å². The van der Waals surface area contributed by atoms with Crippen molar-refractivity contribution in [1.29, 1.82) is 0 Å². The van der Waals surface area contributed by atoms with Gasteiger partial charge in [-0.3, -0.25) is 0 Å². The molecule has 0 spiro atoms. The van der Waals surface area contributed by atoms with Gasteiger partial charge in [0.15, 0.2) is 0 Å². The van der Waals surface area contributed by atoms with E-state index in [1.54, 1.807) is 7.11 Å². The molecule has 98 valence electrons. The van der Waals surface area contributed by atoms with Crippen LogP contribution in [0, 0.1) is 0 Å². The van der Waals surface area contributed by atoms with Crippen LogP contribution in [0.3, 0.4) is 0 Å². The maximum atomic E-state index is 5.24. The third kappa shape index (κ3) is 2.85. The highest BCUT2D eigenvalue weighted by Gasteiger charge is 2.03. The molecule has 1 heterocycles. The molecule has 3 nitrogen and oxygen atoms in total. The Kier molecular flexibility index (Phi) is 4.26. The lowest BCUT2D eigenvalue weighted by Gasteiger charge is -2.12. The fraction of sp³-hybridized carbons (Fsp3) is 0.467. The molecule has 1 aromatic carbocycles. The third-order valence-corrected chi connectivity index (χ3v) is 3.44. The minimum Gasteiger partial charge on any atom is -0.497 e. The van der Waals surface area contributed by atoms with Gasteiger partial charge in [0.2, 0.25) is 0 Å². The van der Waals surface area contributed by atoms with Crippen LogP contribution in [0.15, 0.2) is 30.5 Å². The molecule has 2 aromatic rings. The van der Waals surface area contributed by atoms with Crippen LogP contribution in [0.25, 0.3) is 10.9 Å². The topological polar surface area (TPSA) is 26.2 Å². The number of fused-ring (bicyclic) bond motifs is 1. The molecule has 0 bridgehead atoms. The van der Waals surface area contributed by atoms with Crippen molar-refractivity contribution in [2.24, 2.45) is 0 Å². The second-order valence-corrected chi connectivity index (χ2v) is 4.70. The van der Waals surface area contributed by atoms with Gasteiger partial charge in [-0.25, -0.2) is 0 Å². The maximum absolute atomic E-state index is 5.24. The zero-order valence-electron chi connectivity index (χ0n) is 11.4. The van der Waals surface area contributed by atoms with E-state index in [2.05, 4.69) is 48.1 Å². The molecule has 0 amide bonds. The van der Waals surface area contributed by atoms with Gasteiger partial charge in [0.1, 0.15) is 5.75 Å². The number of benzene rings is 1. The van der Waals surface area contributed by atoms with Crippen LogP contribution in [0.4, 0.5) is 0 Å². The van der Waals surface area contributed by atoms with Crippen LogP contribution in [-0.4, -0.2) is 24.3 Å². The number of nitrogens with one attached hydrogen (secondary N) is 1. The quantitative estimate of drug-likeness (QED) is 0.848. The van der Waals surface area contributed by atoms with Crippen LogP contribution >= 0.6 is 0 Å². The number of methoxy groups -OCH3 is 1. The zero-order valence-corrected chi connectivity index (χ0v) is 11.4. The summed E-state index contributed by atoms with van der Waals surface area (Å²) in [6.45, 7) is 6.43. The molecule has 1 aromatic heterocycles. The van der Waals surface area contributed by atoms with Crippen LogP contribution in [-0.2, 0) is 6.54 Å². The molecule has 0 aliphatic rings. The Morgan fingerprint density at radius 2 is 2.17 bits per heavy atom. The molecule has 0 aliphatic heterocycles. The minimum absolute atomic E-state index is 0.590. The second kappa shape index (κ2) is 5.91. The first-order chi connectivity index (χ1) is 8.74. The lowest BCUT2D eigenvalue weighted by Crippen LogP contribution is -2.28. The molecule has 0 fully saturated rings. The molecule has 1 unspecified atom stereocenters. The fourth-order valence-corrected chi connectivity index (χ4v) is 2.08. The average Bonchev–Trinajstić information content (AvgIpc) is 2.81. The predicted molar refractivity (Wildman–Crippen MR) is 76.2 cm³/mol. The summed E-state index contributed by atoms with van der Waals surface area (Å²) in [4.78, 5) is 0. The molecule has 1 N–H and O–H groups in total. The van der Waals surface area contributed by atoms with Gasteiger partial charge < -0.3 is 14.6 Å². The van der Waals surface area contributed by atoms with Crippen molar-refractivity contribution >= 4 is 10.9 Å². The summed E-state index contributed by atoms with van der Waals surface area (Å²) in [5, 5.41) is 4.75. The highest BCUT2D eigenvalue weighted by atomic mass is 16.5. The molecule has 0 radical (unpaired) electrons. The Hall–Kier alpha value is -1.48. The van der Waals surface area contributed by atoms with Crippen molar-refractivity contribution in [3.63, 3.8) is 0 Å². The zero-order chi connectivity index (χ0) is 13.0. The molecule has 1 atom stereocenters. The van der Waals surface area contributed by atoms with E-state index < -0.39 is 0 Å². The molecule has 0 aliphatic carbocycles. The Morgan fingerprint density at radius 1 is 1.33 bits per heavy atom. The molecule has 2 rings (SSSR count). The largest absolute Gasteiger partial charge is 0.497 e. The Morgan fingerprint density at radius 3 is 2.89 bits per heavy atom. The number of rotatable bonds is 6. The van der Waals surface area contributed by atoms with E-state index in [9.17, 15) is 0 Å². The van der Waals surface area contributed by atoms with Crippen LogP contribution in [0.5, 0.6) is 5.75 Å². The van der Waals surface area contributed by atoms with Gasteiger partial charge >= 0.3 is 0 Å². The van der Waals surface area contributed by atoms with Crippen LogP contribution < -0.4 is 10.1 Å². The monoisotopic (exact) mass is 246 g/mol. The summed E-state index contributed by atoms with van der Waals surface area (Å²) >= 11 is 0. The molecule has 0 saturated heterocycles. The summed E-state index contributed by atoms with van der Waals surface area (Å²) in [7, 11) is 1.70. The Bertz CT molecular complexity index is 504. The number of hydrogen-bond acceptors (Lipinski definition) is 2. The third-order valence-electron chi connectivity index (χ3n) is 3.44. The normalized spacial score (nSPS) is 12.8. The number of nitrogens with zero attached hydrogens (tertiary/aromatic N) is 1. The van der Waals surface area contributed by atoms with Gasteiger partial charge in [-0.05, 0) is 37.6 Å². The number of hydrogen-bond donors (Lipinski definition) is 1. The van der Waals surface area contributed by atoms with Crippen molar-refractivity contribution in [2.75, 3.05) is 13.7 Å². The SMILES string of the molecule is CCC(C)NCCn1ccc2cc(OC)ccc21. The molecule has 0 saturated carbocycles. The van der Waals surface area contributed by atoms with Gasteiger partial charge in [-0.1, -0.05) is 6.92 Å². The Labute approximate surface area is 109 Å². The summed E-state index contributed by atoms with van der Waals surface area (Å²) in [6, 6.07) is 8.94. The minimum atomic E-state index is 0.590. The second-order valence-electron chi connectivity index (χ2n) is 4.70.